The fourth-order valence-corrected chi connectivity index (χ4v) is 19.2. The standard InChI is InChI=1S/C18H31N3S.C18H26N2O.2C16H25N3O.C16H26N2O.C14H22N4O.C14H22N2/c1-5-22-11-10-21-8-6-15(7-9-21)12-16-13-17(18(2,3)4)20-14-19-16;1-18(2,3)16-10-13(7-8-19-16)9-14-11-20(12-14)17(21)15-5-4-6-15;2*1-12(20)19-7-5-6-13(10-19)8-14-9-15(16(2,3)4)18-11-17-14;1-16(2,3)15-10-13(5-6-17-15)9-14-11-18(12-14)7-8-19-4;1-5-13(19)18-7-10(8-18)17-12-6-11(14(2,3)4)15-9-16-12;1-14(2,3)13-8-11(5-6-15-13)7-12-9-16(4)10-12/h13-15H,5-12H2,1-4H3;7-8,10,14-15H,4-6,9,11-12H2,1-3H3;2*9,11,13H,5-8,10H2,1-4H3;5-6,10,14H,7-9,11-12H2,1-4H3;6,9-10H,5,7-8H2,1-4H3,(H,15,16,17);5-6,8,12H,7,9-10H2,1-4H3/t;;2*13-;;;/m..10.../s1. The molecule has 15 rings (SSSR count). The SMILES string of the molecule is CC(=O)N1CCC[C@@H](Cc2cc(C(C)(C)C)ncn2)C1.CC(=O)N1CCC[C@H](Cc2cc(C(C)(C)C)ncn2)C1.CC(C)(C)c1cc(CC2CN(C(=O)C3CCC3)C2)ccn1.CCC(=O)N1CC(Nc2cc(C(C)(C)C)ncn2)C1.CCSCCN1CCC(Cc2cc(C(C)(C)C)ncn2)CC1.CN1CC(Cc2ccnc(C(C)(C)C)c2)C1.COCCN1CC(Cc2ccnc(C(C)(C)C)c2)C1. The summed E-state index contributed by atoms with van der Waals surface area (Å²) in [6.45, 7) is 70.9. The molecule has 0 spiro atoms. The summed E-state index contributed by atoms with van der Waals surface area (Å²) < 4.78 is 5.10. The molecule has 4 amide bonds. The number of hydrogen-bond acceptors (Lipinski definition) is 21. The predicted molar refractivity (Wildman–Crippen MR) is 561 cm³/mol. The van der Waals surface area contributed by atoms with Crippen molar-refractivity contribution in [3.05, 3.63) is 178 Å². The van der Waals surface area contributed by atoms with Crippen LogP contribution in [0.25, 0.3) is 0 Å². The topological polar surface area (TPSA) is 254 Å². The van der Waals surface area contributed by atoms with Crippen molar-refractivity contribution in [2.24, 2.45) is 41.4 Å². The first-order valence-corrected chi connectivity index (χ1v) is 52.8. The molecule has 2 atom stereocenters. The largest absolute Gasteiger partial charge is 0.383 e. The van der Waals surface area contributed by atoms with Crippen molar-refractivity contribution in [2.75, 3.05) is 142 Å². The van der Waals surface area contributed by atoms with Crippen molar-refractivity contribution >= 4 is 41.2 Å². The molecule has 1 saturated carbocycles. The Morgan fingerprint density at radius 1 is 0.380 bits per heavy atom. The van der Waals surface area contributed by atoms with Crippen LogP contribution in [-0.4, -0.2) is 256 Å². The van der Waals surface area contributed by atoms with E-state index in [1.54, 1.807) is 46.3 Å². The number of anilines is 1. The fraction of sp³-hybridized carbons (Fsp3) is 0.688. The van der Waals surface area contributed by atoms with Gasteiger partial charge in [-0.15, -0.1) is 0 Å². The van der Waals surface area contributed by atoms with E-state index < -0.39 is 0 Å². The van der Waals surface area contributed by atoms with Crippen molar-refractivity contribution in [2.45, 2.75) is 320 Å². The number of likely N-dealkylation sites (tertiary alicyclic amines) is 7. The minimum absolute atomic E-state index is 0.0171. The maximum absolute atomic E-state index is 12.1. The van der Waals surface area contributed by atoms with Gasteiger partial charge < -0.3 is 44.4 Å². The summed E-state index contributed by atoms with van der Waals surface area (Å²) >= 11 is 2.05. The molecule has 8 fully saturated rings. The molecule has 1 aliphatic carbocycles. The minimum Gasteiger partial charge on any atom is -0.383 e. The number of ether oxygens (including phenoxy) is 1. The molecular formula is C112H177N19O5S. The minimum atomic E-state index is 0.0171. The maximum atomic E-state index is 12.1. The Bertz CT molecular complexity index is 4760. The van der Waals surface area contributed by atoms with Gasteiger partial charge in [-0.25, -0.2) is 39.9 Å². The van der Waals surface area contributed by atoms with Gasteiger partial charge in [-0.05, 0) is 223 Å². The van der Waals surface area contributed by atoms with Crippen LogP contribution in [0.3, 0.4) is 0 Å². The van der Waals surface area contributed by atoms with E-state index >= 15 is 0 Å². The zero-order valence-electron chi connectivity index (χ0n) is 89.7. The van der Waals surface area contributed by atoms with Gasteiger partial charge in [0.25, 0.3) is 0 Å². The van der Waals surface area contributed by atoms with E-state index in [2.05, 4.69) is 305 Å². The molecule has 7 aromatic rings. The number of carbonyl (C=O) groups is 4. The molecule has 1 N–H and O–H groups in total. The van der Waals surface area contributed by atoms with Crippen LogP contribution in [0.1, 0.15) is 311 Å². The molecule has 0 unspecified atom stereocenters. The molecule has 8 aliphatic rings. The number of piperidine rings is 3. The highest BCUT2D eigenvalue weighted by molar-refractivity contribution is 7.99. The summed E-state index contributed by atoms with van der Waals surface area (Å²) in [6.07, 6.45) is 30.2. The number of thioether (sulfide) groups is 1. The van der Waals surface area contributed by atoms with Crippen LogP contribution in [-0.2, 0) is 100 Å². The molecule has 7 aromatic heterocycles. The fourth-order valence-electron chi connectivity index (χ4n) is 18.5. The first-order valence-electron chi connectivity index (χ1n) is 51.6. The molecule has 25 heteroatoms. The highest BCUT2D eigenvalue weighted by Crippen LogP contribution is 2.35. The van der Waals surface area contributed by atoms with Gasteiger partial charge in [0, 0.05) is 244 Å². The van der Waals surface area contributed by atoms with E-state index in [1.165, 1.54) is 136 Å². The summed E-state index contributed by atoms with van der Waals surface area (Å²) in [5.74, 6) is 8.81. The lowest BCUT2D eigenvalue weighted by atomic mass is 9.82. The van der Waals surface area contributed by atoms with Crippen molar-refractivity contribution in [1.29, 1.82) is 0 Å². The van der Waals surface area contributed by atoms with Crippen LogP contribution in [0.15, 0.2) is 105 Å². The van der Waals surface area contributed by atoms with Crippen molar-refractivity contribution in [1.82, 2.24) is 89.1 Å². The lowest BCUT2D eigenvalue weighted by Crippen LogP contribution is -2.56. The highest BCUT2D eigenvalue weighted by atomic mass is 32.2. The van der Waals surface area contributed by atoms with Crippen LogP contribution in [0.2, 0.25) is 0 Å². The first kappa shape index (κ1) is 112. The molecular weight excluding hydrogens is 1720 g/mol. The molecule has 7 saturated heterocycles. The van der Waals surface area contributed by atoms with E-state index in [0.717, 1.165) is 180 Å². The van der Waals surface area contributed by atoms with Crippen LogP contribution in [0, 0.1) is 41.4 Å². The number of carbonyl (C=O) groups excluding carboxylic acids is 4. The molecule has 137 heavy (non-hydrogen) atoms. The van der Waals surface area contributed by atoms with Crippen molar-refractivity contribution in [3.8, 4) is 0 Å². The summed E-state index contributed by atoms with van der Waals surface area (Å²) in [5, 5.41) is 3.35. The van der Waals surface area contributed by atoms with Crippen LogP contribution in [0.5, 0.6) is 0 Å². The number of nitrogens with zero attached hydrogens (tertiary/aromatic N) is 18. The third kappa shape index (κ3) is 37.9. The first-order chi connectivity index (χ1) is 64.5. The Balaban J connectivity index is 0.000000179. The number of pyridine rings is 3. The lowest BCUT2D eigenvalue weighted by molar-refractivity contribution is -0.144. The van der Waals surface area contributed by atoms with Gasteiger partial charge in [-0.2, -0.15) is 11.8 Å². The Labute approximate surface area is 830 Å². The molecule has 0 aromatic carbocycles. The molecule has 756 valence electrons. The van der Waals surface area contributed by atoms with Gasteiger partial charge in [-0.3, -0.25) is 34.1 Å². The van der Waals surface area contributed by atoms with E-state index in [9.17, 15) is 19.2 Å². The molecule has 14 heterocycles. The predicted octanol–water partition coefficient (Wildman–Crippen LogP) is 18.9. The van der Waals surface area contributed by atoms with Gasteiger partial charge in [0.05, 0.1) is 18.3 Å². The number of methoxy groups -OCH3 is 1. The lowest BCUT2D eigenvalue weighted by Gasteiger charge is -2.43. The quantitative estimate of drug-likeness (QED) is 0.0584. The van der Waals surface area contributed by atoms with Gasteiger partial charge in [0.1, 0.15) is 31.1 Å². The van der Waals surface area contributed by atoms with Gasteiger partial charge in [0.15, 0.2) is 0 Å². The van der Waals surface area contributed by atoms with E-state index in [4.69, 9.17) is 4.74 Å². The highest BCUT2D eigenvalue weighted by Gasteiger charge is 2.38. The van der Waals surface area contributed by atoms with E-state index in [1.807, 2.05) is 46.3 Å². The second kappa shape index (κ2) is 51.9. The smallest absolute Gasteiger partial charge is 0.225 e. The van der Waals surface area contributed by atoms with Gasteiger partial charge >= 0.3 is 0 Å². The zero-order chi connectivity index (χ0) is 100. The summed E-state index contributed by atoms with van der Waals surface area (Å²) in [6, 6.07) is 22.0. The van der Waals surface area contributed by atoms with E-state index in [-0.39, 0.29) is 55.6 Å². The maximum Gasteiger partial charge on any atom is 0.225 e. The number of hydrogen-bond donors (Lipinski definition) is 1. The average molecular weight is 1900 g/mol. The second-order valence-electron chi connectivity index (χ2n) is 47.5. The Morgan fingerprint density at radius 2 is 0.752 bits per heavy atom. The summed E-state index contributed by atoms with van der Waals surface area (Å²) in [4.78, 5) is 110. The van der Waals surface area contributed by atoms with Crippen LogP contribution in [0.4, 0.5) is 5.82 Å². The third-order valence-electron chi connectivity index (χ3n) is 27.5. The Kier molecular flexibility index (Phi) is 42.5. The Hall–Kier alpha value is -8.36. The normalized spacial score (nSPS) is 18.6. The summed E-state index contributed by atoms with van der Waals surface area (Å²) in [7, 11) is 3.95. The number of nitrogens with one attached hydrogen (secondary N) is 1. The second-order valence-corrected chi connectivity index (χ2v) is 48.9. The zero-order valence-corrected chi connectivity index (χ0v) is 90.5. The third-order valence-corrected chi connectivity index (χ3v) is 28.4. The molecule has 7 aliphatic heterocycles. The van der Waals surface area contributed by atoms with Crippen molar-refractivity contribution < 1.29 is 23.9 Å². The van der Waals surface area contributed by atoms with E-state index in [0.29, 0.717) is 42.0 Å². The average Bonchev–Trinajstić information content (AvgIpc) is 0.814. The number of amides is 4. The number of aromatic nitrogens is 11. The van der Waals surface area contributed by atoms with Gasteiger partial charge in [0.2, 0.25) is 23.6 Å². The van der Waals surface area contributed by atoms with Crippen LogP contribution < -0.4 is 5.32 Å². The molecule has 0 radical (unpaired) electrons. The van der Waals surface area contributed by atoms with Crippen molar-refractivity contribution in [3.63, 3.8) is 0 Å². The molecule has 24 nitrogen and oxygen atoms in total. The number of rotatable bonds is 23. The molecule has 0 bridgehead atoms. The monoisotopic (exact) mass is 1900 g/mol. The Morgan fingerprint density at radius 3 is 1.12 bits per heavy atom. The van der Waals surface area contributed by atoms with Crippen LogP contribution >= 0.6 is 11.8 Å². The van der Waals surface area contributed by atoms with Gasteiger partial charge in [-0.1, -0.05) is 166 Å². The summed E-state index contributed by atoms with van der Waals surface area (Å²) in [5.41, 5.74) is 16.2.